The van der Waals surface area contributed by atoms with Gasteiger partial charge in [0.25, 0.3) is 0 Å². The predicted molar refractivity (Wildman–Crippen MR) is 147 cm³/mol. The molecule has 2 aromatic carbocycles. The van der Waals surface area contributed by atoms with E-state index in [1.807, 2.05) is 12.4 Å². The Morgan fingerprint density at radius 3 is 2.92 bits per heavy atom. The summed E-state index contributed by atoms with van der Waals surface area (Å²) in [7, 11) is 0. The van der Waals surface area contributed by atoms with Crippen LogP contribution in [0.15, 0.2) is 54.9 Å². The molecule has 2 aliphatic rings. The number of fused-ring (bicyclic) bond motifs is 1. The average molecular weight is 504 g/mol. The van der Waals surface area contributed by atoms with Crippen molar-refractivity contribution in [2.24, 2.45) is 5.73 Å². The number of aromatic nitrogens is 2. The number of H-pyrrole nitrogens is 1. The van der Waals surface area contributed by atoms with Crippen LogP contribution in [0.2, 0.25) is 0 Å². The van der Waals surface area contributed by atoms with Crippen molar-refractivity contribution < 1.29 is 9.53 Å². The Morgan fingerprint density at radius 1 is 1.24 bits per heavy atom. The van der Waals surface area contributed by atoms with Crippen LogP contribution in [0.1, 0.15) is 66.6 Å². The van der Waals surface area contributed by atoms with Gasteiger partial charge in [0.2, 0.25) is 6.41 Å². The number of hydrogen-bond acceptors (Lipinski definition) is 5. The minimum absolute atomic E-state index is 0.547. The Kier molecular flexibility index (Phi) is 10.1. The SMILES string of the molecule is CCCCNC=O.NCc1cccc(CN2CC(c3ccc4c(c3)CCO4)CC2CCc2ncc[nH]2)c1. The molecule has 5 rings (SSSR count). The molecule has 1 aromatic heterocycles. The van der Waals surface area contributed by atoms with Gasteiger partial charge in [-0.05, 0) is 53.5 Å². The number of amides is 1. The number of likely N-dealkylation sites (tertiary alicyclic amines) is 1. The van der Waals surface area contributed by atoms with E-state index in [-0.39, 0.29) is 0 Å². The summed E-state index contributed by atoms with van der Waals surface area (Å²) < 4.78 is 5.71. The van der Waals surface area contributed by atoms with E-state index in [4.69, 9.17) is 10.5 Å². The third-order valence-corrected chi connectivity index (χ3v) is 7.35. The molecule has 37 heavy (non-hydrogen) atoms. The summed E-state index contributed by atoms with van der Waals surface area (Å²) in [5.41, 5.74) is 11.2. The lowest BCUT2D eigenvalue weighted by molar-refractivity contribution is -0.109. The molecule has 0 aliphatic carbocycles. The number of imidazole rings is 1. The first-order chi connectivity index (χ1) is 18.2. The maximum Gasteiger partial charge on any atom is 0.207 e. The number of ether oxygens (including phenoxy) is 1. The zero-order chi connectivity index (χ0) is 25.9. The van der Waals surface area contributed by atoms with Gasteiger partial charge in [0.1, 0.15) is 11.6 Å². The van der Waals surface area contributed by atoms with Crippen LogP contribution in [-0.4, -0.2) is 47.0 Å². The van der Waals surface area contributed by atoms with Crippen LogP contribution in [0, 0.1) is 0 Å². The number of aryl methyl sites for hydroxylation is 1. The molecule has 7 nitrogen and oxygen atoms in total. The van der Waals surface area contributed by atoms with Crippen molar-refractivity contribution in [3.63, 3.8) is 0 Å². The molecule has 1 saturated heterocycles. The van der Waals surface area contributed by atoms with E-state index in [0.717, 1.165) is 76.3 Å². The molecule has 0 radical (unpaired) electrons. The van der Waals surface area contributed by atoms with Gasteiger partial charge in [0.15, 0.2) is 0 Å². The maximum absolute atomic E-state index is 9.57. The maximum atomic E-state index is 9.57. The molecule has 198 valence electrons. The number of nitrogens with two attached hydrogens (primary N) is 1. The third-order valence-electron chi connectivity index (χ3n) is 7.35. The van der Waals surface area contributed by atoms with Crippen LogP contribution in [0.4, 0.5) is 0 Å². The largest absolute Gasteiger partial charge is 0.493 e. The average Bonchev–Trinajstić information content (AvgIpc) is 3.69. The summed E-state index contributed by atoms with van der Waals surface area (Å²) in [6.45, 7) is 6.39. The first kappa shape index (κ1) is 26.9. The Morgan fingerprint density at radius 2 is 2.14 bits per heavy atom. The van der Waals surface area contributed by atoms with Gasteiger partial charge in [0, 0.05) is 57.5 Å². The summed E-state index contributed by atoms with van der Waals surface area (Å²) in [4.78, 5) is 19.9. The molecule has 1 amide bonds. The van der Waals surface area contributed by atoms with E-state index in [2.05, 4.69) is 69.6 Å². The van der Waals surface area contributed by atoms with Crippen molar-refractivity contribution in [2.75, 3.05) is 19.7 Å². The molecule has 3 aromatic rings. The number of hydrogen-bond donors (Lipinski definition) is 3. The van der Waals surface area contributed by atoms with E-state index in [1.165, 1.54) is 28.7 Å². The fourth-order valence-corrected chi connectivity index (χ4v) is 5.35. The first-order valence-corrected chi connectivity index (χ1v) is 13.6. The lowest BCUT2D eigenvalue weighted by Crippen LogP contribution is -2.29. The Labute approximate surface area is 220 Å². The molecule has 4 N–H and O–H groups in total. The molecule has 2 aliphatic heterocycles. The highest BCUT2D eigenvalue weighted by molar-refractivity contribution is 5.45. The minimum atomic E-state index is 0.547. The van der Waals surface area contributed by atoms with Crippen molar-refractivity contribution in [1.29, 1.82) is 0 Å². The molecule has 1 fully saturated rings. The van der Waals surface area contributed by atoms with Gasteiger partial charge in [-0.3, -0.25) is 9.69 Å². The van der Waals surface area contributed by atoms with Crippen molar-refractivity contribution in [2.45, 2.75) is 70.5 Å². The van der Waals surface area contributed by atoms with E-state index in [0.29, 0.717) is 18.5 Å². The van der Waals surface area contributed by atoms with Crippen LogP contribution in [-0.2, 0) is 30.7 Å². The Balaban J connectivity index is 0.000000405. The highest BCUT2D eigenvalue weighted by Gasteiger charge is 2.33. The van der Waals surface area contributed by atoms with Gasteiger partial charge in [-0.1, -0.05) is 49.7 Å². The minimum Gasteiger partial charge on any atom is -0.493 e. The second-order valence-corrected chi connectivity index (χ2v) is 10.0. The third kappa shape index (κ3) is 7.66. The lowest BCUT2D eigenvalue weighted by atomic mass is 9.93. The molecule has 2 atom stereocenters. The second-order valence-electron chi connectivity index (χ2n) is 10.0. The van der Waals surface area contributed by atoms with Crippen molar-refractivity contribution >= 4 is 6.41 Å². The normalized spacial score (nSPS) is 18.5. The number of carbonyl (C=O) groups is 1. The molecule has 0 spiro atoms. The predicted octanol–water partition coefficient (Wildman–Crippen LogP) is 4.33. The van der Waals surface area contributed by atoms with Crippen LogP contribution in [0.5, 0.6) is 5.75 Å². The first-order valence-electron chi connectivity index (χ1n) is 13.6. The molecule has 0 bridgehead atoms. The number of benzene rings is 2. The van der Waals surface area contributed by atoms with Crippen LogP contribution in [0.3, 0.4) is 0 Å². The summed E-state index contributed by atoms with van der Waals surface area (Å²) in [5.74, 6) is 2.72. The number of aromatic amines is 1. The van der Waals surface area contributed by atoms with Crippen LogP contribution in [0.25, 0.3) is 0 Å². The Bertz CT molecular complexity index is 1100. The summed E-state index contributed by atoms with van der Waals surface area (Å²) >= 11 is 0. The summed E-state index contributed by atoms with van der Waals surface area (Å²) in [6.07, 6.45) is 11.0. The van der Waals surface area contributed by atoms with E-state index in [1.54, 1.807) is 0 Å². The van der Waals surface area contributed by atoms with Gasteiger partial charge < -0.3 is 20.8 Å². The summed E-state index contributed by atoms with van der Waals surface area (Å²) in [5, 5.41) is 2.57. The van der Waals surface area contributed by atoms with Gasteiger partial charge in [-0.2, -0.15) is 0 Å². The van der Waals surface area contributed by atoms with Crippen LogP contribution >= 0.6 is 0 Å². The number of nitrogens with zero attached hydrogens (tertiary/aromatic N) is 2. The van der Waals surface area contributed by atoms with E-state index in [9.17, 15) is 4.79 Å². The van der Waals surface area contributed by atoms with Gasteiger partial charge in [-0.15, -0.1) is 0 Å². The number of nitrogens with one attached hydrogen (secondary N) is 2. The monoisotopic (exact) mass is 503 g/mol. The van der Waals surface area contributed by atoms with Crippen molar-refractivity contribution in [3.8, 4) is 5.75 Å². The molecule has 3 heterocycles. The van der Waals surface area contributed by atoms with E-state index < -0.39 is 0 Å². The highest BCUT2D eigenvalue weighted by Crippen LogP contribution is 2.37. The topological polar surface area (TPSA) is 96.3 Å². The number of rotatable bonds is 11. The van der Waals surface area contributed by atoms with Gasteiger partial charge in [-0.25, -0.2) is 4.98 Å². The van der Waals surface area contributed by atoms with Crippen LogP contribution < -0.4 is 15.8 Å². The van der Waals surface area contributed by atoms with Gasteiger partial charge >= 0.3 is 0 Å². The lowest BCUT2D eigenvalue weighted by Gasteiger charge is -2.24. The molecule has 0 saturated carbocycles. The van der Waals surface area contributed by atoms with Crippen molar-refractivity contribution in [3.05, 3.63) is 82.9 Å². The number of carbonyl (C=O) groups excluding carboxylic acids is 1. The zero-order valence-electron chi connectivity index (χ0n) is 22.0. The molecular formula is C30H41N5O2. The van der Waals surface area contributed by atoms with Crippen molar-refractivity contribution in [1.82, 2.24) is 20.2 Å². The standard InChI is InChI=1S/C25H30N4O.C5H11NO/c26-15-18-2-1-3-19(12-18)16-29-17-22(14-23(29)5-7-25-27-9-10-28-25)20-4-6-24-21(13-20)8-11-30-24;1-2-3-4-6-5-7/h1-4,6,9-10,12-13,22-23H,5,7-8,11,14-17,26H2,(H,27,28);5H,2-4H2,1H3,(H,6,7). The van der Waals surface area contributed by atoms with Gasteiger partial charge in [0.05, 0.1) is 6.61 Å². The second kappa shape index (κ2) is 14.0. The Hall–Kier alpha value is -3.16. The molecule has 7 heteroatoms. The highest BCUT2D eigenvalue weighted by atomic mass is 16.5. The zero-order valence-corrected chi connectivity index (χ0v) is 22.0. The molecular weight excluding hydrogens is 462 g/mol. The summed E-state index contributed by atoms with van der Waals surface area (Å²) in [6, 6.07) is 16.1. The quantitative estimate of drug-likeness (QED) is 0.267. The van der Waals surface area contributed by atoms with E-state index >= 15 is 0 Å². The molecule has 2 unspecified atom stereocenters. The smallest absolute Gasteiger partial charge is 0.207 e. The number of unbranched alkanes of at least 4 members (excludes halogenated alkanes) is 1. The fraction of sp³-hybridized carbons (Fsp3) is 0.467. The fourth-order valence-electron chi connectivity index (χ4n) is 5.35.